The molecule has 1 aliphatic carbocycles. The number of imidazole rings is 1. The van der Waals surface area contributed by atoms with Gasteiger partial charge in [0.1, 0.15) is 0 Å². The van der Waals surface area contributed by atoms with Crippen LogP contribution in [0.4, 0.5) is 5.95 Å². The molecule has 2 aromatic heterocycles. The minimum absolute atomic E-state index is 0.236. The number of hydrogen-bond acceptors (Lipinski definition) is 4. The van der Waals surface area contributed by atoms with Gasteiger partial charge in [0.25, 0.3) is 5.56 Å². The molecule has 1 aromatic carbocycles. The summed E-state index contributed by atoms with van der Waals surface area (Å²) in [6, 6.07) is 6.63. The Balaban J connectivity index is 1.68. The Labute approximate surface area is 188 Å². The molecular weight excluding hydrogens is 402 g/mol. The van der Waals surface area contributed by atoms with Gasteiger partial charge in [-0.25, -0.2) is 4.79 Å². The maximum absolute atomic E-state index is 13.7. The first kappa shape index (κ1) is 21.0. The van der Waals surface area contributed by atoms with Crippen LogP contribution >= 0.6 is 0 Å². The third-order valence-electron chi connectivity index (χ3n) is 7.32. The van der Waals surface area contributed by atoms with E-state index in [1.54, 1.807) is 11.6 Å². The summed E-state index contributed by atoms with van der Waals surface area (Å²) in [6.07, 6.45) is 6.14. The molecule has 1 atom stereocenters. The van der Waals surface area contributed by atoms with Gasteiger partial charge in [-0.2, -0.15) is 4.98 Å². The summed E-state index contributed by atoms with van der Waals surface area (Å²) in [7, 11) is 1.73. The molecule has 1 saturated carbocycles. The van der Waals surface area contributed by atoms with E-state index in [1.807, 2.05) is 19.9 Å². The number of hydrogen-bond donors (Lipinski definition) is 0. The predicted octanol–water partition coefficient (Wildman–Crippen LogP) is 3.35. The zero-order chi connectivity index (χ0) is 22.6. The molecule has 1 unspecified atom stereocenters. The average Bonchev–Trinajstić information content (AvgIpc) is 3.17. The van der Waals surface area contributed by atoms with Crippen molar-refractivity contribution in [3.63, 3.8) is 0 Å². The zero-order valence-corrected chi connectivity index (χ0v) is 19.6. The molecular formula is C25H33N5O2. The van der Waals surface area contributed by atoms with Gasteiger partial charge in [-0.3, -0.25) is 13.9 Å². The molecule has 1 aliphatic heterocycles. The van der Waals surface area contributed by atoms with Crippen molar-refractivity contribution in [2.75, 3.05) is 11.4 Å². The molecule has 7 heteroatoms. The van der Waals surface area contributed by atoms with Crippen LogP contribution in [0.1, 0.15) is 55.7 Å². The molecule has 0 saturated heterocycles. The molecule has 32 heavy (non-hydrogen) atoms. The number of anilines is 1. The molecule has 2 aliphatic rings. The molecule has 5 rings (SSSR count). The highest BCUT2D eigenvalue weighted by Crippen LogP contribution is 2.33. The van der Waals surface area contributed by atoms with E-state index in [4.69, 9.17) is 4.98 Å². The Morgan fingerprint density at radius 3 is 2.56 bits per heavy atom. The van der Waals surface area contributed by atoms with Crippen LogP contribution in [-0.2, 0) is 20.1 Å². The van der Waals surface area contributed by atoms with Crippen LogP contribution in [0.2, 0.25) is 0 Å². The standard InChI is InChI=1S/C25H33N5O2/c1-16-10-11-18(3)19(12-16)15-30-23(31)21-22(27(4)25(30)32)26-24-28(13-17(2)14-29(21)24)20-8-6-5-7-9-20/h10-12,17,20H,5-9,13-15H2,1-4H3. The van der Waals surface area contributed by atoms with Crippen molar-refractivity contribution in [2.45, 2.75) is 72.0 Å². The first-order valence-electron chi connectivity index (χ1n) is 11.9. The summed E-state index contributed by atoms with van der Waals surface area (Å²) in [5.41, 5.74) is 3.71. The molecule has 3 aromatic rings. The number of aromatic nitrogens is 4. The van der Waals surface area contributed by atoms with Gasteiger partial charge in [0, 0.05) is 26.2 Å². The summed E-state index contributed by atoms with van der Waals surface area (Å²) in [5.74, 6) is 1.28. The molecule has 0 spiro atoms. The lowest BCUT2D eigenvalue weighted by atomic mass is 9.93. The third kappa shape index (κ3) is 3.38. The number of aryl methyl sites for hydroxylation is 3. The van der Waals surface area contributed by atoms with Crippen molar-refractivity contribution in [2.24, 2.45) is 13.0 Å². The third-order valence-corrected chi connectivity index (χ3v) is 7.32. The van der Waals surface area contributed by atoms with Crippen LogP contribution < -0.4 is 16.1 Å². The Morgan fingerprint density at radius 1 is 1.06 bits per heavy atom. The van der Waals surface area contributed by atoms with Crippen LogP contribution in [0.3, 0.4) is 0 Å². The molecule has 3 heterocycles. The van der Waals surface area contributed by atoms with E-state index < -0.39 is 0 Å². The van der Waals surface area contributed by atoms with Gasteiger partial charge in [-0.1, -0.05) is 49.9 Å². The molecule has 0 N–H and O–H groups in total. The van der Waals surface area contributed by atoms with E-state index >= 15 is 0 Å². The summed E-state index contributed by atoms with van der Waals surface area (Å²) in [5, 5.41) is 0. The van der Waals surface area contributed by atoms with Gasteiger partial charge < -0.3 is 9.47 Å². The molecule has 7 nitrogen and oxygen atoms in total. The van der Waals surface area contributed by atoms with Crippen molar-refractivity contribution in [1.29, 1.82) is 0 Å². The number of fused-ring (bicyclic) bond motifs is 3. The minimum atomic E-state index is -0.309. The average molecular weight is 436 g/mol. The second kappa shape index (κ2) is 7.94. The maximum Gasteiger partial charge on any atom is 0.332 e. The lowest BCUT2D eigenvalue weighted by molar-refractivity contribution is 0.354. The Hall–Kier alpha value is -2.83. The van der Waals surface area contributed by atoms with Crippen LogP contribution in [-0.4, -0.2) is 31.3 Å². The largest absolute Gasteiger partial charge is 0.339 e. The SMILES string of the molecule is Cc1ccc(C)c(Cn2c(=O)c3c(nc4n3CC(C)CN4C3CCCCC3)n(C)c2=O)c1. The molecule has 1 fully saturated rings. The molecule has 0 bridgehead atoms. The summed E-state index contributed by atoms with van der Waals surface area (Å²) in [6.45, 7) is 8.28. The number of benzene rings is 1. The first-order valence-corrected chi connectivity index (χ1v) is 11.9. The molecule has 0 radical (unpaired) electrons. The lowest BCUT2D eigenvalue weighted by Gasteiger charge is -2.40. The van der Waals surface area contributed by atoms with Crippen molar-refractivity contribution in [3.05, 3.63) is 55.7 Å². The summed E-state index contributed by atoms with van der Waals surface area (Å²) in [4.78, 5) is 34.2. The van der Waals surface area contributed by atoms with Crippen LogP contribution in [0.15, 0.2) is 27.8 Å². The van der Waals surface area contributed by atoms with Gasteiger partial charge in [0.05, 0.1) is 6.54 Å². The fourth-order valence-corrected chi connectivity index (χ4v) is 5.52. The lowest BCUT2D eigenvalue weighted by Crippen LogP contribution is -2.45. The van der Waals surface area contributed by atoms with E-state index in [0.29, 0.717) is 23.1 Å². The van der Waals surface area contributed by atoms with Crippen LogP contribution in [0.5, 0.6) is 0 Å². The fraction of sp³-hybridized carbons (Fsp3) is 0.560. The normalized spacial score (nSPS) is 19.5. The summed E-state index contributed by atoms with van der Waals surface area (Å²) >= 11 is 0. The monoisotopic (exact) mass is 435 g/mol. The Kier molecular flexibility index (Phi) is 5.22. The van der Waals surface area contributed by atoms with E-state index in [0.717, 1.165) is 35.7 Å². The minimum Gasteiger partial charge on any atom is -0.339 e. The maximum atomic E-state index is 13.7. The molecule has 170 valence electrons. The van der Waals surface area contributed by atoms with Crippen molar-refractivity contribution < 1.29 is 0 Å². The van der Waals surface area contributed by atoms with E-state index in [-0.39, 0.29) is 17.8 Å². The topological polar surface area (TPSA) is 65.1 Å². The van der Waals surface area contributed by atoms with E-state index in [9.17, 15) is 9.59 Å². The quantitative estimate of drug-likeness (QED) is 0.633. The first-order chi connectivity index (χ1) is 15.3. The van der Waals surface area contributed by atoms with Crippen LogP contribution in [0.25, 0.3) is 11.2 Å². The Morgan fingerprint density at radius 2 is 1.81 bits per heavy atom. The number of rotatable bonds is 3. The summed E-state index contributed by atoms with van der Waals surface area (Å²) < 4.78 is 5.01. The van der Waals surface area contributed by atoms with Gasteiger partial charge >= 0.3 is 5.69 Å². The second-order valence-electron chi connectivity index (χ2n) is 9.91. The van der Waals surface area contributed by atoms with E-state index in [2.05, 4.69) is 28.5 Å². The van der Waals surface area contributed by atoms with Gasteiger partial charge in [-0.15, -0.1) is 0 Å². The van der Waals surface area contributed by atoms with Crippen molar-refractivity contribution in [1.82, 2.24) is 18.7 Å². The second-order valence-corrected chi connectivity index (χ2v) is 9.91. The van der Waals surface area contributed by atoms with Gasteiger partial charge in [-0.05, 0) is 43.7 Å². The van der Waals surface area contributed by atoms with Gasteiger partial charge in [0.2, 0.25) is 5.95 Å². The highest BCUT2D eigenvalue weighted by molar-refractivity contribution is 5.75. The number of nitrogens with zero attached hydrogens (tertiary/aromatic N) is 5. The van der Waals surface area contributed by atoms with Crippen molar-refractivity contribution in [3.8, 4) is 0 Å². The highest BCUT2D eigenvalue weighted by Gasteiger charge is 2.33. The molecule has 0 amide bonds. The van der Waals surface area contributed by atoms with Gasteiger partial charge in [0.15, 0.2) is 11.2 Å². The Bertz CT molecular complexity index is 1290. The van der Waals surface area contributed by atoms with Crippen molar-refractivity contribution >= 4 is 17.1 Å². The fourth-order valence-electron chi connectivity index (χ4n) is 5.52. The van der Waals surface area contributed by atoms with E-state index in [1.165, 1.54) is 36.7 Å². The van der Waals surface area contributed by atoms with Crippen LogP contribution in [0, 0.1) is 19.8 Å². The smallest absolute Gasteiger partial charge is 0.332 e. The highest BCUT2D eigenvalue weighted by atomic mass is 16.2. The zero-order valence-electron chi connectivity index (χ0n) is 19.6. The predicted molar refractivity (Wildman–Crippen MR) is 128 cm³/mol.